The monoisotopic (exact) mass is 675 g/mol. The topological polar surface area (TPSA) is 100 Å². The van der Waals surface area contributed by atoms with E-state index in [0.717, 1.165) is 30.0 Å². The summed E-state index contributed by atoms with van der Waals surface area (Å²) in [6, 6.07) is 29.7. The summed E-state index contributed by atoms with van der Waals surface area (Å²) in [5.41, 5.74) is 0.0757. The van der Waals surface area contributed by atoms with Gasteiger partial charge in [0.25, 0.3) is 11.8 Å². The molecule has 0 radical (unpaired) electrons. The molecule has 0 bridgehead atoms. The van der Waals surface area contributed by atoms with E-state index in [1.807, 2.05) is 0 Å². The predicted molar refractivity (Wildman–Crippen MR) is 176 cm³/mol. The van der Waals surface area contributed by atoms with E-state index in [-0.39, 0.29) is 16.4 Å². The van der Waals surface area contributed by atoms with Crippen LogP contribution in [0.1, 0.15) is 32.5 Å². The van der Waals surface area contributed by atoms with E-state index in [1.54, 1.807) is 97.1 Å². The third-order valence-electron chi connectivity index (χ3n) is 6.60. The first-order valence-electron chi connectivity index (χ1n) is 14.0. The lowest BCUT2D eigenvalue weighted by atomic mass is 10.1. The fourth-order valence-corrected chi connectivity index (χ4v) is 5.58. The molecule has 0 saturated heterocycles. The quantitative estimate of drug-likeness (QED) is 0.101. The van der Waals surface area contributed by atoms with Crippen molar-refractivity contribution in [3.05, 3.63) is 155 Å². The number of hydrogen-bond acceptors (Lipinski definition) is 5. The highest BCUT2D eigenvalue weighted by Crippen LogP contribution is 2.39. The molecule has 47 heavy (non-hydrogen) atoms. The third-order valence-corrected chi connectivity index (χ3v) is 8.17. The van der Waals surface area contributed by atoms with E-state index in [4.69, 9.17) is 16.0 Å². The van der Waals surface area contributed by atoms with Gasteiger partial charge >= 0.3 is 6.18 Å². The maximum atomic E-state index is 13.6. The van der Waals surface area contributed by atoms with Gasteiger partial charge in [0.2, 0.25) is 5.91 Å². The molecule has 0 spiro atoms. The summed E-state index contributed by atoms with van der Waals surface area (Å²) >= 11 is 7.26. The smallest absolute Gasteiger partial charge is 0.416 e. The molecule has 12 heteroatoms. The fourth-order valence-electron chi connectivity index (χ4n) is 4.34. The number of anilines is 2. The van der Waals surface area contributed by atoms with Gasteiger partial charge in [0, 0.05) is 22.2 Å². The SMILES string of the molecule is O=C(Nc1cccc(SC(C(=O)Nc2cc(C(F)(F)F)ccc2Cl)c2ccccc2)c1)/C(=C/c1ccco1)NC(=O)c1ccccc1. The first kappa shape index (κ1) is 33.1. The van der Waals surface area contributed by atoms with Crippen LogP contribution < -0.4 is 16.0 Å². The number of carbonyl (C=O) groups excluding carboxylic acids is 3. The Hall–Kier alpha value is -5.26. The second-order valence-electron chi connectivity index (χ2n) is 9.97. The van der Waals surface area contributed by atoms with Gasteiger partial charge in [-0.15, -0.1) is 11.8 Å². The lowest BCUT2D eigenvalue weighted by Crippen LogP contribution is -2.30. The zero-order valence-corrected chi connectivity index (χ0v) is 25.8. The average molecular weight is 676 g/mol. The lowest BCUT2D eigenvalue weighted by molar-refractivity contribution is -0.137. The third kappa shape index (κ3) is 8.93. The van der Waals surface area contributed by atoms with Crippen molar-refractivity contribution in [1.29, 1.82) is 0 Å². The number of rotatable bonds is 10. The minimum Gasteiger partial charge on any atom is -0.465 e. The van der Waals surface area contributed by atoms with Crippen LogP contribution in [0, 0.1) is 0 Å². The van der Waals surface area contributed by atoms with Crippen LogP contribution in [0.4, 0.5) is 24.5 Å². The zero-order chi connectivity index (χ0) is 33.4. The molecule has 1 unspecified atom stereocenters. The van der Waals surface area contributed by atoms with Crippen LogP contribution in [0.2, 0.25) is 5.02 Å². The molecule has 1 heterocycles. The van der Waals surface area contributed by atoms with Crippen molar-refractivity contribution in [2.24, 2.45) is 0 Å². The van der Waals surface area contributed by atoms with Crippen molar-refractivity contribution >= 4 is 58.5 Å². The molecule has 238 valence electrons. The Morgan fingerprint density at radius 3 is 2.21 bits per heavy atom. The molecule has 5 rings (SSSR count). The molecule has 4 aromatic carbocycles. The lowest BCUT2D eigenvalue weighted by Gasteiger charge is -2.19. The van der Waals surface area contributed by atoms with E-state index < -0.39 is 34.7 Å². The van der Waals surface area contributed by atoms with Gasteiger partial charge in [-0.1, -0.05) is 66.2 Å². The molecule has 1 atom stereocenters. The number of alkyl halides is 3. The molecular weight excluding hydrogens is 651 g/mol. The standard InChI is InChI=1S/C35H25ClF3N3O4S/c36-28-17-16-24(35(37,38)39)19-29(28)41-34(45)31(22-9-3-1-4-10-22)47-27-15-7-13-25(20-27)40-33(44)30(21-26-14-8-18-46-26)42-32(43)23-11-5-2-6-12-23/h1-21,31H,(H,40,44)(H,41,45)(H,42,43)/b30-21-. The first-order chi connectivity index (χ1) is 22.6. The Bertz CT molecular complexity index is 1900. The molecule has 7 nitrogen and oxygen atoms in total. The number of nitrogens with one attached hydrogen (secondary N) is 3. The van der Waals surface area contributed by atoms with Gasteiger partial charge in [0.1, 0.15) is 16.7 Å². The summed E-state index contributed by atoms with van der Waals surface area (Å²) in [5.74, 6) is -1.40. The number of hydrogen-bond donors (Lipinski definition) is 3. The minimum absolute atomic E-state index is 0.0503. The Morgan fingerprint density at radius 1 is 0.809 bits per heavy atom. The van der Waals surface area contributed by atoms with Crippen molar-refractivity contribution in [2.45, 2.75) is 16.3 Å². The number of carbonyl (C=O) groups is 3. The normalized spacial score (nSPS) is 12.2. The summed E-state index contributed by atoms with van der Waals surface area (Å²) in [7, 11) is 0. The largest absolute Gasteiger partial charge is 0.465 e. The average Bonchev–Trinajstić information content (AvgIpc) is 3.58. The van der Waals surface area contributed by atoms with Crippen molar-refractivity contribution in [3.8, 4) is 0 Å². The van der Waals surface area contributed by atoms with Gasteiger partial charge in [0.05, 0.1) is 22.5 Å². The number of thioether (sulfide) groups is 1. The summed E-state index contributed by atoms with van der Waals surface area (Å²) in [5, 5.41) is 6.96. The highest BCUT2D eigenvalue weighted by atomic mass is 35.5. The van der Waals surface area contributed by atoms with Crippen LogP contribution in [0.5, 0.6) is 0 Å². The minimum atomic E-state index is -4.63. The van der Waals surface area contributed by atoms with Crippen LogP contribution in [0.15, 0.2) is 137 Å². The molecular formula is C35H25ClF3N3O4S. The predicted octanol–water partition coefficient (Wildman–Crippen LogP) is 8.83. The maximum absolute atomic E-state index is 13.6. The van der Waals surface area contributed by atoms with E-state index in [1.165, 1.54) is 12.3 Å². The summed E-state index contributed by atoms with van der Waals surface area (Å²) < 4.78 is 45.4. The summed E-state index contributed by atoms with van der Waals surface area (Å²) in [4.78, 5) is 40.4. The van der Waals surface area contributed by atoms with E-state index >= 15 is 0 Å². The molecule has 3 N–H and O–H groups in total. The van der Waals surface area contributed by atoms with Crippen LogP contribution in [-0.4, -0.2) is 17.7 Å². The van der Waals surface area contributed by atoms with Crippen LogP contribution in [-0.2, 0) is 15.8 Å². The summed E-state index contributed by atoms with van der Waals surface area (Å²) in [6.45, 7) is 0. The number of benzene rings is 4. The molecule has 5 aromatic rings. The van der Waals surface area contributed by atoms with Gasteiger partial charge in [-0.25, -0.2) is 0 Å². The van der Waals surface area contributed by atoms with Gasteiger partial charge in [-0.2, -0.15) is 13.2 Å². The second-order valence-corrected chi connectivity index (χ2v) is 11.6. The van der Waals surface area contributed by atoms with Gasteiger partial charge < -0.3 is 20.4 Å². The van der Waals surface area contributed by atoms with E-state index in [9.17, 15) is 27.6 Å². The van der Waals surface area contributed by atoms with Gasteiger partial charge in [-0.05, 0) is 66.2 Å². The number of amides is 3. The van der Waals surface area contributed by atoms with Crippen molar-refractivity contribution < 1.29 is 32.0 Å². The molecule has 0 aliphatic rings. The Kier molecular flexibility index (Phi) is 10.5. The first-order valence-corrected chi connectivity index (χ1v) is 15.2. The van der Waals surface area contributed by atoms with Crippen molar-refractivity contribution in [2.75, 3.05) is 10.6 Å². The van der Waals surface area contributed by atoms with E-state index in [2.05, 4.69) is 16.0 Å². The van der Waals surface area contributed by atoms with Gasteiger partial charge in [0.15, 0.2) is 0 Å². The van der Waals surface area contributed by atoms with Crippen LogP contribution >= 0.6 is 23.4 Å². The van der Waals surface area contributed by atoms with Crippen molar-refractivity contribution in [1.82, 2.24) is 5.32 Å². The fraction of sp³-hybridized carbons (Fsp3) is 0.0571. The van der Waals surface area contributed by atoms with Gasteiger partial charge in [-0.3, -0.25) is 14.4 Å². The highest BCUT2D eigenvalue weighted by Gasteiger charge is 2.32. The molecule has 0 aliphatic heterocycles. The Labute approximate surface area is 276 Å². The van der Waals surface area contributed by atoms with Crippen LogP contribution in [0.3, 0.4) is 0 Å². The zero-order valence-electron chi connectivity index (χ0n) is 24.3. The second kappa shape index (κ2) is 14.9. The van der Waals surface area contributed by atoms with Crippen LogP contribution in [0.25, 0.3) is 6.08 Å². The molecule has 1 aromatic heterocycles. The van der Waals surface area contributed by atoms with E-state index in [0.29, 0.717) is 27.5 Å². The molecule has 0 saturated carbocycles. The summed E-state index contributed by atoms with van der Waals surface area (Å²) in [6.07, 6.45) is -1.80. The Morgan fingerprint density at radius 2 is 1.53 bits per heavy atom. The molecule has 3 amide bonds. The maximum Gasteiger partial charge on any atom is 0.416 e. The number of furan rings is 1. The molecule has 0 aliphatic carbocycles. The Balaban J connectivity index is 1.37. The number of halogens is 4. The van der Waals surface area contributed by atoms with Crippen molar-refractivity contribution in [3.63, 3.8) is 0 Å². The molecule has 0 fully saturated rings. The highest BCUT2D eigenvalue weighted by molar-refractivity contribution is 8.00.